The van der Waals surface area contributed by atoms with Crippen LogP contribution in [0.4, 0.5) is 0 Å². The van der Waals surface area contributed by atoms with Crippen molar-refractivity contribution in [3.8, 4) is 6.07 Å². The van der Waals surface area contributed by atoms with E-state index in [0.29, 0.717) is 6.42 Å². The van der Waals surface area contributed by atoms with Gasteiger partial charge in [0.15, 0.2) is 0 Å². The Morgan fingerprint density at radius 3 is 2.47 bits per heavy atom. The van der Waals surface area contributed by atoms with Gasteiger partial charge in [-0.2, -0.15) is 5.26 Å². The van der Waals surface area contributed by atoms with E-state index in [-0.39, 0.29) is 0 Å². The van der Waals surface area contributed by atoms with Crippen molar-refractivity contribution in [1.82, 2.24) is 0 Å². The van der Waals surface area contributed by atoms with Gasteiger partial charge >= 0.3 is 5.97 Å². The van der Waals surface area contributed by atoms with Crippen LogP contribution in [0.3, 0.4) is 0 Å². The molecule has 0 bridgehead atoms. The summed E-state index contributed by atoms with van der Waals surface area (Å²) < 4.78 is 0. The van der Waals surface area contributed by atoms with E-state index in [2.05, 4.69) is 6.58 Å². The van der Waals surface area contributed by atoms with Gasteiger partial charge in [0.2, 0.25) is 0 Å². The molecule has 0 rings (SSSR count). The lowest BCUT2D eigenvalue weighted by atomic mass is 10.0. The molecule has 0 fully saturated rings. The molecule has 0 aliphatic rings. The van der Waals surface area contributed by atoms with Crippen LogP contribution in [0.1, 0.15) is 44.9 Å². The molecule has 0 aromatic rings. The van der Waals surface area contributed by atoms with E-state index in [4.69, 9.17) is 10.4 Å². The van der Waals surface area contributed by atoms with Gasteiger partial charge in [-0.05, 0) is 19.3 Å². The van der Waals surface area contributed by atoms with Gasteiger partial charge in [0, 0.05) is 0 Å². The molecule has 0 heterocycles. The molecule has 0 saturated carbocycles. The fourth-order valence-electron chi connectivity index (χ4n) is 1.41. The van der Waals surface area contributed by atoms with Crippen LogP contribution >= 0.6 is 0 Å². The Hall–Kier alpha value is -1.30. The summed E-state index contributed by atoms with van der Waals surface area (Å²) in [6.07, 6.45) is 8.73. The number of unbranched alkanes of at least 4 members (excludes halogenated alkanes) is 5. The largest absolute Gasteiger partial charge is 0.480 e. The maximum atomic E-state index is 10.5. The van der Waals surface area contributed by atoms with Gasteiger partial charge in [-0.3, -0.25) is 4.79 Å². The molecule has 1 unspecified atom stereocenters. The molecule has 3 heteroatoms. The third-order valence-corrected chi connectivity index (χ3v) is 2.35. The molecule has 0 aliphatic carbocycles. The van der Waals surface area contributed by atoms with Crippen LogP contribution in [0.2, 0.25) is 0 Å². The average Bonchev–Trinajstić information content (AvgIpc) is 2.21. The molecule has 0 amide bonds. The molecule has 0 saturated heterocycles. The van der Waals surface area contributed by atoms with Crippen LogP contribution in [-0.4, -0.2) is 11.1 Å². The van der Waals surface area contributed by atoms with Gasteiger partial charge < -0.3 is 5.11 Å². The summed E-state index contributed by atoms with van der Waals surface area (Å²) in [5, 5.41) is 17.1. The van der Waals surface area contributed by atoms with Crippen molar-refractivity contribution in [1.29, 1.82) is 5.26 Å². The highest BCUT2D eigenvalue weighted by molar-refractivity contribution is 5.72. The smallest absolute Gasteiger partial charge is 0.320 e. The van der Waals surface area contributed by atoms with Gasteiger partial charge in [-0.1, -0.05) is 31.8 Å². The summed E-state index contributed by atoms with van der Waals surface area (Å²) in [6.45, 7) is 3.65. The van der Waals surface area contributed by atoms with E-state index in [0.717, 1.165) is 38.5 Å². The molecule has 0 aliphatic heterocycles. The van der Waals surface area contributed by atoms with Gasteiger partial charge in [-0.25, -0.2) is 0 Å². The summed E-state index contributed by atoms with van der Waals surface area (Å²) in [6, 6.07) is 1.80. The number of hydrogen-bond donors (Lipinski definition) is 1. The fraction of sp³-hybridized carbons (Fsp3) is 0.667. The van der Waals surface area contributed by atoms with Gasteiger partial charge in [0.25, 0.3) is 0 Å². The van der Waals surface area contributed by atoms with E-state index in [1.165, 1.54) is 0 Å². The second-order valence-electron chi connectivity index (χ2n) is 3.65. The van der Waals surface area contributed by atoms with Crippen LogP contribution in [0.5, 0.6) is 0 Å². The Morgan fingerprint density at radius 2 is 1.93 bits per heavy atom. The number of carbonyl (C=O) groups is 1. The summed E-state index contributed by atoms with van der Waals surface area (Å²) in [7, 11) is 0. The molecule has 1 atom stereocenters. The molecule has 15 heavy (non-hydrogen) atoms. The van der Waals surface area contributed by atoms with Crippen LogP contribution in [0.25, 0.3) is 0 Å². The number of nitrogens with zero attached hydrogens (tertiary/aromatic N) is 1. The van der Waals surface area contributed by atoms with Crippen LogP contribution in [0.15, 0.2) is 12.7 Å². The number of carboxylic acid groups (broad SMARTS) is 1. The first-order valence-corrected chi connectivity index (χ1v) is 5.45. The topological polar surface area (TPSA) is 61.1 Å². The molecule has 84 valence electrons. The highest BCUT2D eigenvalue weighted by Crippen LogP contribution is 2.12. The lowest BCUT2D eigenvalue weighted by Gasteiger charge is -2.03. The van der Waals surface area contributed by atoms with Gasteiger partial charge in [0.05, 0.1) is 6.07 Å². The van der Waals surface area contributed by atoms with Gasteiger partial charge in [-0.15, -0.1) is 6.58 Å². The molecular weight excluding hydrogens is 190 g/mol. The molecule has 0 aromatic heterocycles. The second-order valence-corrected chi connectivity index (χ2v) is 3.65. The second kappa shape index (κ2) is 9.26. The molecule has 0 aromatic carbocycles. The van der Waals surface area contributed by atoms with E-state index in [9.17, 15) is 4.79 Å². The average molecular weight is 209 g/mol. The minimum absolute atomic E-state index is 0.479. The van der Waals surface area contributed by atoms with Gasteiger partial charge in [0.1, 0.15) is 5.92 Å². The minimum atomic E-state index is -0.996. The Labute approximate surface area is 91.4 Å². The maximum Gasteiger partial charge on any atom is 0.320 e. The zero-order chi connectivity index (χ0) is 11.5. The Bertz CT molecular complexity index is 230. The summed E-state index contributed by atoms with van der Waals surface area (Å²) in [5.74, 6) is -1.82. The predicted molar refractivity (Wildman–Crippen MR) is 59.3 cm³/mol. The van der Waals surface area contributed by atoms with E-state index >= 15 is 0 Å². The third kappa shape index (κ3) is 7.75. The molecule has 0 radical (unpaired) electrons. The number of allylic oxidation sites excluding steroid dienone is 1. The van der Waals surface area contributed by atoms with Crippen LogP contribution in [-0.2, 0) is 4.79 Å². The summed E-state index contributed by atoms with van der Waals surface area (Å²) in [5.41, 5.74) is 0. The first kappa shape index (κ1) is 13.7. The Kier molecular flexibility index (Phi) is 8.46. The zero-order valence-electron chi connectivity index (χ0n) is 9.11. The number of hydrogen-bond acceptors (Lipinski definition) is 2. The van der Waals surface area contributed by atoms with Crippen molar-refractivity contribution in [2.24, 2.45) is 5.92 Å². The lowest BCUT2D eigenvalue weighted by molar-refractivity contribution is -0.140. The highest BCUT2D eigenvalue weighted by atomic mass is 16.4. The quantitative estimate of drug-likeness (QED) is 0.468. The first-order chi connectivity index (χ1) is 7.22. The van der Waals surface area contributed by atoms with Crippen molar-refractivity contribution in [2.75, 3.05) is 0 Å². The van der Waals surface area contributed by atoms with Crippen LogP contribution in [0, 0.1) is 17.2 Å². The number of rotatable bonds is 9. The summed E-state index contributed by atoms with van der Waals surface area (Å²) >= 11 is 0. The van der Waals surface area contributed by atoms with Crippen molar-refractivity contribution in [3.63, 3.8) is 0 Å². The molecule has 3 nitrogen and oxygen atoms in total. The summed E-state index contributed by atoms with van der Waals surface area (Å²) in [4.78, 5) is 10.5. The minimum Gasteiger partial charge on any atom is -0.480 e. The SMILES string of the molecule is C=CCCCCCCCC(C#N)C(=O)O. The monoisotopic (exact) mass is 209 g/mol. The zero-order valence-corrected chi connectivity index (χ0v) is 9.11. The van der Waals surface area contributed by atoms with Crippen LogP contribution < -0.4 is 0 Å². The van der Waals surface area contributed by atoms with Crippen molar-refractivity contribution in [3.05, 3.63) is 12.7 Å². The predicted octanol–water partition coefficient (Wildman–Crippen LogP) is 3.13. The van der Waals surface area contributed by atoms with E-state index in [1.807, 2.05) is 6.08 Å². The van der Waals surface area contributed by atoms with Crippen molar-refractivity contribution in [2.45, 2.75) is 44.9 Å². The Balaban J connectivity index is 3.34. The molecule has 0 spiro atoms. The van der Waals surface area contributed by atoms with Crippen molar-refractivity contribution < 1.29 is 9.90 Å². The normalized spacial score (nSPS) is 11.7. The number of nitriles is 1. The van der Waals surface area contributed by atoms with E-state index < -0.39 is 11.9 Å². The van der Waals surface area contributed by atoms with Crippen molar-refractivity contribution >= 4 is 5.97 Å². The molecular formula is C12H19NO2. The van der Waals surface area contributed by atoms with E-state index in [1.54, 1.807) is 6.07 Å². The highest BCUT2D eigenvalue weighted by Gasteiger charge is 2.14. The fourth-order valence-corrected chi connectivity index (χ4v) is 1.41. The maximum absolute atomic E-state index is 10.5. The standard InChI is InChI=1S/C12H19NO2/c1-2-3-4-5-6-7-8-9-11(10-13)12(14)15/h2,11H,1,3-9H2,(H,14,15). The Morgan fingerprint density at radius 1 is 1.33 bits per heavy atom. The molecule has 1 N–H and O–H groups in total. The lowest BCUT2D eigenvalue weighted by Crippen LogP contribution is -2.10. The first-order valence-electron chi connectivity index (χ1n) is 5.45. The number of aliphatic carboxylic acids is 1. The number of carboxylic acids is 1. The third-order valence-electron chi connectivity index (χ3n) is 2.35.